The Labute approximate surface area is 98.1 Å². The molecule has 0 aliphatic rings. The lowest BCUT2D eigenvalue weighted by molar-refractivity contribution is 0.460. The number of nitrogen functional groups attached to an aromatic ring is 1. The Balaban J connectivity index is 2.18. The second-order valence-electron chi connectivity index (χ2n) is 3.96. The number of nitrogens with zero attached hydrogens (tertiary/aromatic N) is 2. The van der Waals surface area contributed by atoms with Crippen molar-refractivity contribution in [3.8, 4) is 11.1 Å². The quantitative estimate of drug-likeness (QED) is 0.691. The van der Waals surface area contributed by atoms with E-state index in [0.29, 0.717) is 11.4 Å². The summed E-state index contributed by atoms with van der Waals surface area (Å²) in [6.07, 6.45) is 1.80. The van der Waals surface area contributed by atoms with Crippen molar-refractivity contribution < 1.29 is 4.52 Å². The maximum absolute atomic E-state index is 5.67. The summed E-state index contributed by atoms with van der Waals surface area (Å²) in [5, 5.41) is 4.59. The minimum Gasteiger partial charge on any atom is -0.380 e. The maximum Gasteiger partial charge on any atom is 0.174 e. The van der Waals surface area contributed by atoms with Crippen LogP contribution in [0.25, 0.3) is 22.1 Å². The number of fused-ring (bicyclic) bond motifs is 1. The molecule has 84 valence electrons. The first-order valence-electron chi connectivity index (χ1n) is 5.32. The number of rotatable bonds is 1. The Morgan fingerprint density at radius 2 is 1.94 bits per heavy atom. The maximum atomic E-state index is 5.67. The van der Waals surface area contributed by atoms with Crippen LogP contribution < -0.4 is 5.73 Å². The van der Waals surface area contributed by atoms with Gasteiger partial charge < -0.3 is 10.3 Å². The monoisotopic (exact) mass is 225 g/mol. The molecule has 3 rings (SSSR count). The van der Waals surface area contributed by atoms with E-state index in [4.69, 9.17) is 10.3 Å². The van der Waals surface area contributed by atoms with E-state index in [1.807, 2.05) is 37.3 Å². The van der Waals surface area contributed by atoms with E-state index in [-0.39, 0.29) is 0 Å². The van der Waals surface area contributed by atoms with Crippen LogP contribution in [0.3, 0.4) is 0 Å². The third-order valence-corrected chi connectivity index (χ3v) is 2.73. The van der Waals surface area contributed by atoms with E-state index in [0.717, 1.165) is 22.2 Å². The Hall–Kier alpha value is -2.36. The van der Waals surface area contributed by atoms with Gasteiger partial charge in [0.25, 0.3) is 0 Å². The van der Waals surface area contributed by atoms with Crippen molar-refractivity contribution in [3.05, 3.63) is 42.2 Å². The second-order valence-corrected chi connectivity index (χ2v) is 3.96. The highest BCUT2D eigenvalue weighted by Crippen LogP contribution is 2.27. The lowest BCUT2D eigenvalue weighted by atomic mass is 10.1. The molecule has 0 fully saturated rings. The first-order valence-corrected chi connectivity index (χ1v) is 5.32. The molecule has 4 heteroatoms. The Morgan fingerprint density at radius 3 is 2.76 bits per heavy atom. The summed E-state index contributed by atoms with van der Waals surface area (Å²) in [6, 6.07) is 9.86. The number of aromatic nitrogens is 2. The molecule has 2 aromatic heterocycles. The molecular weight excluding hydrogens is 214 g/mol. The number of pyridine rings is 1. The summed E-state index contributed by atoms with van der Waals surface area (Å²) in [5.74, 6) is 0.428. The van der Waals surface area contributed by atoms with Gasteiger partial charge >= 0.3 is 0 Å². The van der Waals surface area contributed by atoms with Crippen LogP contribution in [-0.2, 0) is 0 Å². The fraction of sp³-hybridized carbons (Fsp3) is 0.0769. The predicted molar refractivity (Wildman–Crippen MR) is 66.4 cm³/mol. The standard InChI is InChI=1S/C13H11N3O/c1-8-6-10(4-5-15-8)9-2-3-11-12(7-9)17-16-13(11)14/h2-7H,1H3,(H2,14,16). The van der Waals surface area contributed by atoms with Crippen molar-refractivity contribution in [1.82, 2.24) is 10.1 Å². The lowest BCUT2D eigenvalue weighted by Crippen LogP contribution is -1.84. The molecule has 0 saturated carbocycles. The third-order valence-electron chi connectivity index (χ3n) is 2.73. The summed E-state index contributed by atoms with van der Waals surface area (Å²) >= 11 is 0. The summed E-state index contributed by atoms with van der Waals surface area (Å²) < 4.78 is 5.15. The van der Waals surface area contributed by atoms with E-state index in [1.165, 1.54) is 0 Å². The van der Waals surface area contributed by atoms with Crippen molar-refractivity contribution in [3.63, 3.8) is 0 Å². The number of benzene rings is 1. The molecule has 0 aliphatic carbocycles. The fourth-order valence-electron chi connectivity index (χ4n) is 1.86. The van der Waals surface area contributed by atoms with Crippen molar-refractivity contribution in [2.45, 2.75) is 6.92 Å². The van der Waals surface area contributed by atoms with Gasteiger partial charge in [0.2, 0.25) is 0 Å². The topological polar surface area (TPSA) is 64.9 Å². The Bertz CT molecular complexity index is 688. The minimum absolute atomic E-state index is 0.428. The summed E-state index contributed by atoms with van der Waals surface area (Å²) in [4.78, 5) is 4.18. The largest absolute Gasteiger partial charge is 0.380 e. The molecule has 0 bridgehead atoms. The van der Waals surface area contributed by atoms with Crippen LogP contribution in [0, 0.1) is 6.92 Å². The fourth-order valence-corrected chi connectivity index (χ4v) is 1.86. The minimum atomic E-state index is 0.428. The highest BCUT2D eigenvalue weighted by Gasteiger charge is 2.06. The molecule has 0 spiro atoms. The summed E-state index contributed by atoms with van der Waals surface area (Å²) in [7, 11) is 0. The van der Waals surface area contributed by atoms with Crippen LogP contribution in [0.15, 0.2) is 41.1 Å². The molecule has 3 aromatic rings. The average Bonchev–Trinajstić information content (AvgIpc) is 2.71. The van der Waals surface area contributed by atoms with Gasteiger partial charge in [-0.3, -0.25) is 4.98 Å². The second kappa shape index (κ2) is 3.59. The van der Waals surface area contributed by atoms with Crippen LogP contribution in [0.4, 0.5) is 5.82 Å². The molecule has 0 unspecified atom stereocenters. The average molecular weight is 225 g/mol. The van der Waals surface area contributed by atoms with Crippen LogP contribution >= 0.6 is 0 Å². The Kier molecular flexibility index (Phi) is 2.08. The van der Waals surface area contributed by atoms with E-state index in [9.17, 15) is 0 Å². The number of anilines is 1. The van der Waals surface area contributed by atoms with Gasteiger partial charge in [0, 0.05) is 11.9 Å². The molecule has 4 nitrogen and oxygen atoms in total. The Morgan fingerprint density at radius 1 is 1.12 bits per heavy atom. The van der Waals surface area contributed by atoms with Gasteiger partial charge in [-0.25, -0.2) is 0 Å². The van der Waals surface area contributed by atoms with Gasteiger partial charge in [0.05, 0.1) is 5.39 Å². The molecule has 0 aliphatic heterocycles. The van der Waals surface area contributed by atoms with Gasteiger partial charge in [-0.1, -0.05) is 11.2 Å². The zero-order valence-electron chi connectivity index (χ0n) is 9.34. The molecule has 0 saturated heterocycles. The van der Waals surface area contributed by atoms with Gasteiger partial charge in [0.1, 0.15) is 0 Å². The zero-order valence-corrected chi connectivity index (χ0v) is 9.34. The number of aryl methyl sites for hydroxylation is 1. The normalized spacial score (nSPS) is 10.9. The molecule has 1 aromatic carbocycles. The number of hydrogen-bond acceptors (Lipinski definition) is 4. The summed E-state index contributed by atoms with van der Waals surface area (Å²) in [6.45, 7) is 1.97. The van der Waals surface area contributed by atoms with Crippen LogP contribution in [-0.4, -0.2) is 10.1 Å². The van der Waals surface area contributed by atoms with E-state index in [2.05, 4.69) is 10.1 Å². The molecule has 0 amide bonds. The smallest absolute Gasteiger partial charge is 0.174 e. The van der Waals surface area contributed by atoms with Crippen molar-refractivity contribution in [1.29, 1.82) is 0 Å². The predicted octanol–water partition coefficient (Wildman–Crippen LogP) is 2.78. The van der Waals surface area contributed by atoms with Crippen molar-refractivity contribution >= 4 is 16.8 Å². The third kappa shape index (κ3) is 1.63. The molecule has 17 heavy (non-hydrogen) atoms. The SMILES string of the molecule is Cc1cc(-c2ccc3c(N)noc3c2)ccn1. The van der Waals surface area contributed by atoms with E-state index >= 15 is 0 Å². The van der Waals surface area contributed by atoms with Gasteiger partial charge in [-0.15, -0.1) is 0 Å². The van der Waals surface area contributed by atoms with Crippen molar-refractivity contribution in [2.75, 3.05) is 5.73 Å². The van der Waals surface area contributed by atoms with Gasteiger partial charge in [-0.2, -0.15) is 0 Å². The first-order chi connectivity index (χ1) is 8.24. The number of hydrogen-bond donors (Lipinski definition) is 1. The highest BCUT2D eigenvalue weighted by atomic mass is 16.5. The lowest BCUT2D eigenvalue weighted by Gasteiger charge is -2.01. The van der Waals surface area contributed by atoms with Gasteiger partial charge in [-0.05, 0) is 42.3 Å². The van der Waals surface area contributed by atoms with Crippen LogP contribution in [0.1, 0.15) is 5.69 Å². The molecule has 2 heterocycles. The van der Waals surface area contributed by atoms with E-state index in [1.54, 1.807) is 6.20 Å². The molecule has 0 atom stereocenters. The summed E-state index contributed by atoms with van der Waals surface area (Å²) in [5.41, 5.74) is 9.54. The molecule has 2 N–H and O–H groups in total. The number of nitrogens with two attached hydrogens (primary N) is 1. The molecule has 0 radical (unpaired) electrons. The first kappa shape index (κ1) is 9.84. The van der Waals surface area contributed by atoms with Crippen LogP contribution in [0.5, 0.6) is 0 Å². The van der Waals surface area contributed by atoms with Gasteiger partial charge in [0.15, 0.2) is 11.4 Å². The van der Waals surface area contributed by atoms with Crippen LogP contribution in [0.2, 0.25) is 0 Å². The zero-order chi connectivity index (χ0) is 11.8. The van der Waals surface area contributed by atoms with Crippen molar-refractivity contribution in [2.24, 2.45) is 0 Å². The highest BCUT2D eigenvalue weighted by molar-refractivity contribution is 5.90. The van der Waals surface area contributed by atoms with E-state index < -0.39 is 0 Å². The molecular formula is C13H11N3O.